The summed E-state index contributed by atoms with van der Waals surface area (Å²) >= 11 is 0. The van der Waals surface area contributed by atoms with Gasteiger partial charge in [-0.05, 0) is 43.3 Å². The van der Waals surface area contributed by atoms with Gasteiger partial charge < -0.3 is 15.7 Å². The van der Waals surface area contributed by atoms with Crippen molar-refractivity contribution in [2.45, 2.75) is 6.92 Å². The number of nitro groups is 1. The lowest BCUT2D eigenvalue weighted by Gasteiger charge is -2.10. The van der Waals surface area contributed by atoms with E-state index < -0.39 is 10.9 Å². The van der Waals surface area contributed by atoms with Crippen molar-refractivity contribution in [2.24, 2.45) is 0 Å². The lowest BCUT2D eigenvalue weighted by molar-refractivity contribution is -0.383. The summed E-state index contributed by atoms with van der Waals surface area (Å²) in [7, 11) is 0. The SMILES string of the molecule is Cc1ccc(Nc2ncnc(Nc3ccc(C(=O)O)cc3)c2[N+](=O)[O-])cc1. The van der Waals surface area contributed by atoms with Crippen LogP contribution in [0.15, 0.2) is 54.9 Å². The van der Waals surface area contributed by atoms with Crippen molar-refractivity contribution in [3.05, 3.63) is 76.1 Å². The van der Waals surface area contributed by atoms with Gasteiger partial charge in [-0.2, -0.15) is 0 Å². The first-order valence-corrected chi connectivity index (χ1v) is 7.87. The summed E-state index contributed by atoms with van der Waals surface area (Å²) in [6.07, 6.45) is 1.21. The molecule has 27 heavy (non-hydrogen) atoms. The molecule has 2 aromatic carbocycles. The van der Waals surface area contributed by atoms with Crippen molar-refractivity contribution in [3.63, 3.8) is 0 Å². The van der Waals surface area contributed by atoms with Crippen molar-refractivity contribution < 1.29 is 14.8 Å². The van der Waals surface area contributed by atoms with E-state index in [-0.39, 0.29) is 22.9 Å². The third-order valence-corrected chi connectivity index (χ3v) is 3.71. The largest absolute Gasteiger partial charge is 0.478 e. The third-order valence-electron chi connectivity index (χ3n) is 3.71. The molecule has 0 aliphatic heterocycles. The number of carboxylic acid groups (broad SMARTS) is 1. The topological polar surface area (TPSA) is 130 Å². The second-order valence-electron chi connectivity index (χ2n) is 5.68. The van der Waals surface area contributed by atoms with Crippen LogP contribution in [0.5, 0.6) is 0 Å². The Kier molecular flexibility index (Phi) is 4.93. The van der Waals surface area contributed by atoms with Crippen molar-refractivity contribution in [1.82, 2.24) is 9.97 Å². The van der Waals surface area contributed by atoms with E-state index in [1.165, 1.54) is 30.6 Å². The molecule has 0 amide bonds. The third kappa shape index (κ3) is 4.15. The summed E-state index contributed by atoms with van der Waals surface area (Å²) < 4.78 is 0. The lowest BCUT2D eigenvalue weighted by Crippen LogP contribution is -2.05. The molecule has 0 spiro atoms. The van der Waals surface area contributed by atoms with Crippen LogP contribution in [0.1, 0.15) is 15.9 Å². The van der Waals surface area contributed by atoms with Crippen LogP contribution in [-0.2, 0) is 0 Å². The van der Waals surface area contributed by atoms with Gasteiger partial charge in [0.2, 0.25) is 11.6 Å². The number of nitrogens with one attached hydrogen (secondary N) is 2. The van der Waals surface area contributed by atoms with E-state index in [1.54, 1.807) is 12.1 Å². The van der Waals surface area contributed by atoms with E-state index in [2.05, 4.69) is 20.6 Å². The number of carbonyl (C=O) groups is 1. The summed E-state index contributed by atoms with van der Waals surface area (Å²) in [6, 6.07) is 13.1. The molecule has 0 saturated heterocycles. The average molecular weight is 365 g/mol. The van der Waals surface area contributed by atoms with Crippen LogP contribution >= 0.6 is 0 Å². The summed E-state index contributed by atoms with van der Waals surface area (Å²) in [5.74, 6) is -1.02. The fourth-order valence-electron chi connectivity index (χ4n) is 2.34. The van der Waals surface area contributed by atoms with E-state index in [0.29, 0.717) is 11.4 Å². The summed E-state index contributed by atoms with van der Waals surface area (Å²) in [6.45, 7) is 1.94. The Balaban J connectivity index is 1.92. The predicted octanol–water partition coefficient (Wildman–Crippen LogP) is 3.88. The monoisotopic (exact) mass is 365 g/mol. The van der Waals surface area contributed by atoms with E-state index in [0.717, 1.165) is 5.56 Å². The van der Waals surface area contributed by atoms with Crippen molar-refractivity contribution in [1.29, 1.82) is 0 Å². The highest BCUT2D eigenvalue weighted by atomic mass is 16.6. The zero-order valence-electron chi connectivity index (χ0n) is 14.2. The van der Waals surface area contributed by atoms with Gasteiger partial charge in [-0.1, -0.05) is 17.7 Å². The molecular weight excluding hydrogens is 350 g/mol. The zero-order chi connectivity index (χ0) is 19.4. The molecule has 0 fully saturated rings. The molecule has 3 aromatic rings. The van der Waals surface area contributed by atoms with Gasteiger partial charge in [-0.15, -0.1) is 0 Å². The van der Waals surface area contributed by atoms with E-state index in [1.807, 2.05) is 19.1 Å². The summed E-state index contributed by atoms with van der Waals surface area (Å²) in [4.78, 5) is 29.8. The molecule has 1 heterocycles. The second-order valence-corrected chi connectivity index (χ2v) is 5.68. The Bertz CT molecular complexity index is 988. The molecule has 0 aliphatic rings. The first-order chi connectivity index (χ1) is 12.9. The van der Waals surface area contributed by atoms with Crippen molar-refractivity contribution >= 4 is 34.7 Å². The molecule has 0 saturated carbocycles. The van der Waals surface area contributed by atoms with Gasteiger partial charge in [0.15, 0.2) is 0 Å². The molecule has 0 aliphatic carbocycles. The van der Waals surface area contributed by atoms with Gasteiger partial charge in [-0.25, -0.2) is 14.8 Å². The number of benzene rings is 2. The highest BCUT2D eigenvalue weighted by Gasteiger charge is 2.23. The minimum absolute atomic E-state index is 0.00677. The molecule has 0 radical (unpaired) electrons. The van der Waals surface area contributed by atoms with Gasteiger partial charge in [0.05, 0.1) is 10.5 Å². The predicted molar refractivity (Wildman–Crippen MR) is 99.8 cm³/mol. The average Bonchev–Trinajstić information content (AvgIpc) is 2.64. The molecule has 0 atom stereocenters. The Hall–Kier alpha value is -4.01. The molecule has 3 rings (SSSR count). The van der Waals surface area contributed by atoms with Crippen LogP contribution in [0.4, 0.5) is 28.7 Å². The van der Waals surface area contributed by atoms with Crippen LogP contribution in [-0.4, -0.2) is 26.0 Å². The summed E-state index contributed by atoms with van der Waals surface area (Å²) in [5.41, 5.74) is 1.96. The first kappa shape index (κ1) is 17.8. The smallest absolute Gasteiger partial charge is 0.353 e. The normalized spacial score (nSPS) is 10.3. The van der Waals surface area contributed by atoms with Crippen LogP contribution in [0.25, 0.3) is 0 Å². The molecule has 1 aromatic heterocycles. The Morgan fingerprint density at radius 3 is 1.89 bits per heavy atom. The quantitative estimate of drug-likeness (QED) is 0.443. The number of hydrogen-bond acceptors (Lipinski definition) is 7. The maximum absolute atomic E-state index is 11.6. The highest BCUT2D eigenvalue weighted by molar-refractivity contribution is 5.88. The fourth-order valence-corrected chi connectivity index (χ4v) is 2.34. The molecule has 3 N–H and O–H groups in total. The zero-order valence-corrected chi connectivity index (χ0v) is 14.2. The van der Waals surface area contributed by atoms with Gasteiger partial charge in [0, 0.05) is 11.4 Å². The number of aryl methyl sites for hydroxylation is 1. The van der Waals surface area contributed by atoms with Gasteiger partial charge >= 0.3 is 11.7 Å². The van der Waals surface area contributed by atoms with E-state index in [9.17, 15) is 14.9 Å². The lowest BCUT2D eigenvalue weighted by atomic mass is 10.2. The van der Waals surface area contributed by atoms with E-state index in [4.69, 9.17) is 5.11 Å². The Labute approximate surface area is 153 Å². The number of rotatable bonds is 6. The number of carboxylic acids is 1. The molecule has 9 heteroatoms. The number of aromatic nitrogens is 2. The van der Waals surface area contributed by atoms with E-state index >= 15 is 0 Å². The second kappa shape index (κ2) is 7.48. The Morgan fingerprint density at radius 1 is 0.963 bits per heavy atom. The van der Waals surface area contributed by atoms with Gasteiger partial charge in [-0.3, -0.25) is 10.1 Å². The van der Waals surface area contributed by atoms with Crippen molar-refractivity contribution in [2.75, 3.05) is 10.6 Å². The first-order valence-electron chi connectivity index (χ1n) is 7.87. The number of hydrogen-bond donors (Lipinski definition) is 3. The maximum Gasteiger partial charge on any atom is 0.353 e. The van der Waals surface area contributed by atoms with Gasteiger partial charge in [0.25, 0.3) is 0 Å². The minimum atomic E-state index is -1.06. The van der Waals surface area contributed by atoms with Crippen LogP contribution < -0.4 is 10.6 Å². The van der Waals surface area contributed by atoms with Gasteiger partial charge in [0.1, 0.15) is 6.33 Å². The number of anilines is 4. The maximum atomic E-state index is 11.6. The summed E-state index contributed by atoms with van der Waals surface area (Å²) in [5, 5.41) is 26.3. The molecule has 0 bridgehead atoms. The number of nitrogens with zero attached hydrogens (tertiary/aromatic N) is 3. The van der Waals surface area contributed by atoms with Crippen LogP contribution in [0, 0.1) is 17.0 Å². The molecule has 136 valence electrons. The Morgan fingerprint density at radius 2 is 1.44 bits per heavy atom. The highest BCUT2D eigenvalue weighted by Crippen LogP contribution is 2.33. The number of aromatic carboxylic acids is 1. The molecule has 9 nitrogen and oxygen atoms in total. The van der Waals surface area contributed by atoms with Crippen molar-refractivity contribution in [3.8, 4) is 0 Å². The molecule has 0 unspecified atom stereocenters. The fraction of sp³-hybridized carbons (Fsp3) is 0.0556. The molecular formula is C18H15N5O4. The van der Waals surface area contributed by atoms with Crippen LogP contribution in [0.3, 0.4) is 0 Å². The standard InChI is InChI=1S/C18H15N5O4/c1-11-2-6-13(7-3-11)21-16-15(23(26)27)17(20-10-19-16)22-14-8-4-12(5-9-14)18(24)25/h2-10H,1H3,(H,24,25)(H2,19,20,21,22). The minimum Gasteiger partial charge on any atom is -0.478 e. The van der Waals surface area contributed by atoms with Crippen LogP contribution in [0.2, 0.25) is 0 Å².